The number of aromatic nitrogens is 1. The predicted molar refractivity (Wildman–Crippen MR) is 92.1 cm³/mol. The minimum Gasteiger partial charge on any atom is -0.467 e. The Morgan fingerprint density at radius 1 is 1.26 bits per heavy atom. The van der Waals surface area contributed by atoms with Gasteiger partial charge in [0.05, 0.1) is 7.11 Å². The summed E-state index contributed by atoms with van der Waals surface area (Å²) >= 11 is 0. The fourth-order valence-electron chi connectivity index (χ4n) is 2.23. The average molecular weight is 318 g/mol. The van der Waals surface area contributed by atoms with Crippen LogP contribution in [0.3, 0.4) is 0 Å². The summed E-state index contributed by atoms with van der Waals surface area (Å²) in [7, 11) is 1.33. The SMILES string of the molecule is C.COC(=O)[C@H](Cc1c[nH]c2ccccc12)NC(=O)C(C)(C)C. The monoisotopic (exact) mass is 318 g/mol. The molecule has 0 unspecified atom stereocenters. The summed E-state index contributed by atoms with van der Waals surface area (Å²) in [6.07, 6.45) is 2.25. The molecule has 126 valence electrons. The lowest BCUT2D eigenvalue weighted by Gasteiger charge is -2.22. The fraction of sp³-hybridized carbons (Fsp3) is 0.444. The second-order valence-electron chi connectivity index (χ2n) is 6.36. The first-order valence-electron chi connectivity index (χ1n) is 7.26. The van der Waals surface area contributed by atoms with Crippen molar-refractivity contribution in [3.63, 3.8) is 0 Å². The normalized spacial score (nSPS) is 12.3. The molecule has 5 nitrogen and oxygen atoms in total. The van der Waals surface area contributed by atoms with E-state index in [1.807, 2.05) is 51.2 Å². The van der Waals surface area contributed by atoms with Crippen molar-refractivity contribution in [2.75, 3.05) is 7.11 Å². The zero-order chi connectivity index (χ0) is 16.3. The number of hydrogen-bond donors (Lipinski definition) is 2. The van der Waals surface area contributed by atoms with E-state index < -0.39 is 17.4 Å². The molecular weight excluding hydrogens is 292 g/mol. The lowest BCUT2D eigenvalue weighted by atomic mass is 9.94. The van der Waals surface area contributed by atoms with Crippen LogP contribution < -0.4 is 5.32 Å². The second kappa shape index (κ2) is 7.31. The molecule has 1 amide bonds. The number of rotatable bonds is 4. The summed E-state index contributed by atoms with van der Waals surface area (Å²) < 4.78 is 4.82. The minimum absolute atomic E-state index is 0. The number of ether oxygens (including phenoxy) is 1. The van der Waals surface area contributed by atoms with Crippen molar-refractivity contribution in [1.29, 1.82) is 0 Å². The van der Waals surface area contributed by atoms with Gasteiger partial charge < -0.3 is 15.0 Å². The second-order valence-corrected chi connectivity index (χ2v) is 6.36. The third-order valence-corrected chi connectivity index (χ3v) is 3.57. The molecule has 0 fully saturated rings. The van der Waals surface area contributed by atoms with Crippen molar-refractivity contribution >= 4 is 22.8 Å². The maximum atomic E-state index is 12.2. The van der Waals surface area contributed by atoms with E-state index in [0.717, 1.165) is 16.5 Å². The first-order valence-corrected chi connectivity index (χ1v) is 7.26. The van der Waals surface area contributed by atoms with Gasteiger partial charge in [0.1, 0.15) is 6.04 Å². The van der Waals surface area contributed by atoms with Gasteiger partial charge in [-0.3, -0.25) is 4.79 Å². The highest BCUT2D eigenvalue weighted by molar-refractivity contribution is 5.89. The number of esters is 1. The maximum absolute atomic E-state index is 12.2. The van der Waals surface area contributed by atoms with Crippen LogP contribution in [0.1, 0.15) is 33.8 Å². The molecule has 0 aliphatic carbocycles. The van der Waals surface area contributed by atoms with Crippen molar-refractivity contribution in [3.05, 3.63) is 36.0 Å². The minimum atomic E-state index is -0.698. The van der Waals surface area contributed by atoms with Gasteiger partial charge in [-0.25, -0.2) is 4.79 Å². The number of carbonyl (C=O) groups excluding carboxylic acids is 2. The van der Waals surface area contributed by atoms with Crippen LogP contribution in [-0.4, -0.2) is 30.0 Å². The molecule has 0 bridgehead atoms. The quantitative estimate of drug-likeness (QED) is 0.851. The molecule has 2 N–H and O–H groups in total. The van der Waals surface area contributed by atoms with Gasteiger partial charge >= 0.3 is 5.97 Å². The van der Waals surface area contributed by atoms with Gasteiger partial charge in [0.25, 0.3) is 0 Å². The molecule has 1 atom stereocenters. The molecule has 0 aliphatic heterocycles. The summed E-state index contributed by atoms with van der Waals surface area (Å²) in [5.74, 6) is -0.620. The number of methoxy groups -OCH3 is 1. The third kappa shape index (κ3) is 4.34. The number of fused-ring (bicyclic) bond motifs is 1. The first kappa shape index (κ1) is 18.7. The number of nitrogens with one attached hydrogen (secondary N) is 2. The topological polar surface area (TPSA) is 71.2 Å². The Balaban J connectivity index is 0.00000264. The number of para-hydroxylation sites is 1. The molecular formula is C18H26N2O3. The molecule has 23 heavy (non-hydrogen) atoms. The predicted octanol–water partition coefficient (Wildman–Crippen LogP) is 3.05. The van der Waals surface area contributed by atoms with Crippen LogP contribution >= 0.6 is 0 Å². The number of amides is 1. The molecule has 1 aromatic carbocycles. The highest BCUT2D eigenvalue weighted by Gasteiger charge is 2.28. The lowest BCUT2D eigenvalue weighted by molar-refractivity contribution is -0.146. The van der Waals surface area contributed by atoms with E-state index in [0.29, 0.717) is 6.42 Å². The highest BCUT2D eigenvalue weighted by Crippen LogP contribution is 2.20. The summed E-state index contributed by atoms with van der Waals surface area (Å²) in [6.45, 7) is 5.42. The van der Waals surface area contributed by atoms with Crippen LogP contribution in [0.15, 0.2) is 30.5 Å². The van der Waals surface area contributed by atoms with Crippen molar-refractivity contribution < 1.29 is 14.3 Å². The summed E-state index contributed by atoms with van der Waals surface area (Å²) in [4.78, 5) is 27.3. The molecule has 0 radical (unpaired) electrons. The maximum Gasteiger partial charge on any atom is 0.328 e. The van der Waals surface area contributed by atoms with Gasteiger partial charge in [-0.15, -0.1) is 0 Å². The Morgan fingerprint density at radius 3 is 2.52 bits per heavy atom. The Bertz CT molecular complexity index is 683. The Kier molecular flexibility index (Phi) is 5.96. The van der Waals surface area contributed by atoms with E-state index >= 15 is 0 Å². The van der Waals surface area contributed by atoms with Crippen LogP contribution in [0, 0.1) is 5.41 Å². The van der Waals surface area contributed by atoms with E-state index in [1.54, 1.807) is 0 Å². The van der Waals surface area contributed by atoms with Gasteiger partial charge in [-0.2, -0.15) is 0 Å². The Labute approximate surface area is 137 Å². The number of aromatic amines is 1. The van der Waals surface area contributed by atoms with E-state index in [9.17, 15) is 9.59 Å². The van der Waals surface area contributed by atoms with Gasteiger partial charge in [0.15, 0.2) is 0 Å². The average Bonchev–Trinajstić information content (AvgIpc) is 2.88. The van der Waals surface area contributed by atoms with Crippen LogP contribution in [0.5, 0.6) is 0 Å². The molecule has 2 rings (SSSR count). The molecule has 1 aromatic heterocycles. The fourth-order valence-corrected chi connectivity index (χ4v) is 2.23. The Hall–Kier alpha value is -2.30. The molecule has 0 saturated heterocycles. The molecule has 0 saturated carbocycles. The van der Waals surface area contributed by atoms with Crippen molar-refractivity contribution in [2.24, 2.45) is 5.41 Å². The first-order chi connectivity index (χ1) is 10.3. The zero-order valence-electron chi connectivity index (χ0n) is 13.4. The summed E-state index contributed by atoms with van der Waals surface area (Å²) in [6, 6.07) is 7.15. The molecule has 5 heteroatoms. The van der Waals surface area contributed by atoms with Gasteiger partial charge in [-0.1, -0.05) is 46.4 Å². The van der Waals surface area contributed by atoms with Gasteiger partial charge in [0.2, 0.25) is 5.91 Å². The van der Waals surface area contributed by atoms with Crippen molar-refractivity contribution in [2.45, 2.75) is 40.7 Å². The van der Waals surface area contributed by atoms with Gasteiger partial charge in [-0.05, 0) is 11.6 Å². The number of carbonyl (C=O) groups is 2. The molecule has 0 spiro atoms. The standard InChI is InChI=1S/C17H22N2O3.CH4/c1-17(2,3)16(21)19-14(15(20)22-4)9-11-10-18-13-8-6-5-7-12(11)13;/h5-8,10,14,18H,9H2,1-4H3,(H,19,21);1H4/t14-;/m0./s1. The van der Waals surface area contributed by atoms with E-state index in [-0.39, 0.29) is 13.3 Å². The Morgan fingerprint density at radius 2 is 1.91 bits per heavy atom. The highest BCUT2D eigenvalue weighted by atomic mass is 16.5. The number of H-pyrrole nitrogens is 1. The lowest BCUT2D eigenvalue weighted by Crippen LogP contribution is -2.47. The number of hydrogen-bond acceptors (Lipinski definition) is 3. The van der Waals surface area contributed by atoms with Crippen LogP contribution in [-0.2, 0) is 20.7 Å². The molecule has 0 aliphatic rings. The molecule has 2 aromatic rings. The zero-order valence-corrected chi connectivity index (χ0v) is 13.4. The van der Waals surface area contributed by atoms with E-state index in [2.05, 4.69) is 10.3 Å². The summed E-state index contributed by atoms with van der Waals surface area (Å²) in [5.41, 5.74) is 1.41. The van der Waals surface area contributed by atoms with E-state index in [1.165, 1.54) is 7.11 Å². The van der Waals surface area contributed by atoms with Crippen LogP contribution in [0.4, 0.5) is 0 Å². The molecule has 1 heterocycles. The van der Waals surface area contributed by atoms with Gasteiger partial charge in [0, 0.05) is 28.9 Å². The van der Waals surface area contributed by atoms with Crippen LogP contribution in [0.25, 0.3) is 10.9 Å². The number of benzene rings is 1. The largest absolute Gasteiger partial charge is 0.467 e. The smallest absolute Gasteiger partial charge is 0.328 e. The van der Waals surface area contributed by atoms with Crippen LogP contribution in [0.2, 0.25) is 0 Å². The van der Waals surface area contributed by atoms with Crippen molar-refractivity contribution in [3.8, 4) is 0 Å². The third-order valence-electron chi connectivity index (χ3n) is 3.57. The summed E-state index contributed by atoms with van der Waals surface area (Å²) in [5, 5.41) is 3.83. The van der Waals surface area contributed by atoms with E-state index in [4.69, 9.17) is 4.74 Å². The van der Waals surface area contributed by atoms with Crippen molar-refractivity contribution in [1.82, 2.24) is 10.3 Å².